The molecule has 0 aliphatic carbocycles. The van der Waals surface area contributed by atoms with Gasteiger partial charge in [0.25, 0.3) is 5.91 Å². The molecule has 4 rings (SSSR count). The minimum Gasteiger partial charge on any atom is -0.493 e. The molecule has 2 aliphatic rings. The van der Waals surface area contributed by atoms with E-state index in [-0.39, 0.29) is 11.9 Å². The van der Waals surface area contributed by atoms with Gasteiger partial charge in [0.05, 0.1) is 6.61 Å². The van der Waals surface area contributed by atoms with Gasteiger partial charge in [0.15, 0.2) is 6.04 Å². The summed E-state index contributed by atoms with van der Waals surface area (Å²) in [5.74, 6) is 1.58. The van der Waals surface area contributed by atoms with Gasteiger partial charge in [0, 0.05) is 17.7 Å². The summed E-state index contributed by atoms with van der Waals surface area (Å²) in [6.07, 6.45) is 1.03. The van der Waals surface area contributed by atoms with Gasteiger partial charge in [-0.1, -0.05) is 32.0 Å². The molecule has 5 heteroatoms. The van der Waals surface area contributed by atoms with Crippen molar-refractivity contribution in [3.05, 3.63) is 58.7 Å². The predicted molar refractivity (Wildman–Crippen MR) is 124 cm³/mol. The number of aryl methyl sites for hydroxylation is 1. The smallest absolute Gasteiger partial charge is 0.282 e. The average molecular weight is 424 g/mol. The minimum absolute atomic E-state index is 0.0432. The Labute approximate surface area is 186 Å². The number of benzene rings is 2. The number of ether oxygens (including phenoxy) is 1. The lowest BCUT2D eigenvalue weighted by Gasteiger charge is -2.33. The highest BCUT2D eigenvalue weighted by molar-refractivity contribution is 5.95. The van der Waals surface area contributed by atoms with Crippen molar-refractivity contribution in [2.24, 2.45) is 0 Å². The first-order valence-electron chi connectivity index (χ1n) is 11.8. The van der Waals surface area contributed by atoms with Gasteiger partial charge in [0.1, 0.15) is 38.5 Å². The minimum atomic E-state index is -0.0432. The zero-order chi connectivity index (χ0) is 22.0. The van der Waals surface area contributed by atoms with Crippen molar-refractivity contribution >= 4 is 11.6 Å². The number of carbonyl (C=O) groups excluding carboxylic acids is 1. The van der Waals surface area contributed by atoms with Crippen LogP contribution in [0.4, 0.5) is 5.69 Å². The fourth-order valence-corrected chi connectivity index (χ4v) is 4.93. The summed E-state index contributed by atoms with van der Waals surface area (Å²) >= 11 is 0. The largest absolute Gasteiger partial charge is 0.493 e. The van der Waals surface area contributed by atoms with E-state index in [1.807, 2.05) is 0 Å². The molecule has 166 valence electrons. The van der Waals surface area contributed by atoms with Crippen LogP contribution >= 0.6 is 0 Å². The van der Waals surface area contributed by atoms with Gasteiger partial charge in [-0.05, 0) is 54.7 Å². The molecule has 2 heterocycles. The third kappa shape index (κ3) is 4.94. The summed E-state index contributed by atoms with van der Waals surface area (Å²) in [7, 11) is 0. The van der Waals surface area contributed by atoms with E-state index >= 15 is 0 Å². The van der Waals surface area contributed by atoms with Gasteiger partial charge < -0.3 is 19.9 Å². The Bertz CT molecular complexity index is 932. The van der Waals surface area contributed by atoms with Gasteiger partial charge in [-0.15, -0.1) is 0 Å². The molecule has 5 nitrogen and oxygen atoms in total. The van der Waals surface area contributed by atoms with E-state index in [0.717, 1.165) is 62.8 Å². The van der Waals surface area contributed by atoms with E-state index in [4.69, 9.17) is 4.74 Å². The van der Waals surface area contributed by atoms with E-state index < -0.39 is 0 Å². The van der Waals surface area contributed by atoms with Gasteiger partial charge >= 0.3 is 0 Å². The summed E-state index contributed by atoms with van der Waals surface area (Å²) in [4.78, 5) is 16.1. The van der Waals surface area contributed by atoms with Gasteiger partial charge in [0.2, 0.25) is 0 Å². The van der Waals surface area contributed by atoms with Gasteiger partial charge in [-0.25, -0.2) is 0 Å². The van der Waals surface area contributed by atoms with Crippen LogP contribution in [0.5, 0.6) is 5.75 Å². The highest BCUT2D eigenvalue weighted by Gasteiger charge is 2.31. The third-order valence-corrected chi connectivity index (χ3v) is 6.99. The van der Waals surface area contributed by atoms with Crippen LogP contribution in [0.2, 0.25) is 0 Å². The van der Waals surface area contributed by atoms with Crippen LogP contribution in [0, 0.1) is 6.92 Å². The Hall–Kier alpha value is -2.37. The molecule has 2 aromatic rings. The van der Waals surface area contributed by atoms with Crippen molar-refractivity contribution in [2.45, 2.75) is 52.6 Å². The highest BCUT2D eigenvalue weighted by Crippen LogP contribution is 2.27. The molecule has 0 saturated carbocycles. The molecule has 0 spiro atoms. The summed E-state index contributed by atoms with van der Waals surface area (Å²) in [6.45, 7) is 14.6. The molecular formula is C26H37N3O2+2. The first-order valence-corrected chi connectivity index (χ1v) is 11.8. The number of amides is 1. The zero-order valence-electron chi connectivity index (χ0n) is 19.4. The Morgan fingerprint density at radius 3 is 2.61 bits per heavy atom. The molecule has 1 saturated heterocycles. The topological polar surface area (TPSA) is 47.2 Å². The molecule has 2 aromatic carbocycles. The monoisotopic (exact) mass is 423 g/mol. The Kier molecular flexibility index (Phi) is 6.63. The van der Waals surface area contributed by atoms with Crippen molar-refractivity contribution < 1.29 is 19.3 Å². The van der Waals surface area contributed by atoms with E-state index in [2.05, 4.69) is 69.4 Å². The van der Waals surface area contributed by atoms with Crippen LogP contribution in [0.3, 0.4) is 0 Å². The number of hydrogen-bond donors (Lipinski definition) is 3. The van der Waals surface area contributed by atoms with Gasteiger partial charge in [-0.3, -0.25) is 4.79 Å². The first-order chi connectivity index (χ1) is 14.9. The molecule has 31 heavy (non-hydrogen) atoms. The van der Waals surface area contributed by atoms with E-state index in [9.17, 15) is 4.79 Å². The van der Waals surface area contributed by atoms with Crippen molar-refractivity contribution in [1.29, 1.82) is 0 Å². The molecule has 0 aromatic heterocycles. The molecule has 0 radical (unpaired) electrons. The van der Waals surface area contributed by atoms with Crippen LogP contribution in [-0.2, 0) is 17.8 Å². The second-order valence-corrected chi connectivity index (χ2v) is 9.53. The molecule has 1 amide bonds. The summed E-state index contributed by atoms with van der Waals surface area (Å²) in [5.41, 5.74) is 6.09. The van der Waals surface area contributed by atoms with E-state index in [1.165, 1.54) is 21.6 Å². The summed E-state index contributed by atoms with van der Waals surface area (Å²) < 4.78 is 5.63. The number of anilines is 1. The van der Waals surface area contributed by atoms with Crippen LogP contribution in [-0.4, -0.2) is 44.7 Å². The maximum atomic E-state index is 13.1. The number of rotatable bonds is 6. The summed E-state index contributed by atoms with van der Waals surface area (Å²) in [6, 6.07) is 12.9. The Morgan fingerprint density at radius 2 is 1.87 bits per heavy atom. The van der Waals surface area contributed by atoms with E-state index in [1.54, 1.807) is 4.90 Å². The highest BCUT2D eigenvalue weighted by atomic mass is 16.5. The predicted octanol–water partition coefficient (Wildman–Crippen LogP) is 1.36. The number of fused-ring (bicyclic) bond motifs is 1. The lowest BCUT2D eigenvalue weighted by atomic mass is 9.98. The first kappa shape index (κ1) is 21.8. The standard InChI is InChI=1S/C26H35N3O2/c1-18(2)23-7-5-6-19(3)25(23)27-26(30)20(4)29-13-11-28(12-14-29)17-21-8-9-24-22(16-21)10-15-31-24/h5-9,16,18,20H,10-15,17H2,1-4H3,(H,27,30)/p+2/t20-/m0/s1. The lowest BCUT2D eigenvalue weighted by Crippen LogP contribution is -3.29. The zero-order valence-corrected chi connectivity index (χ0v) is 19.4. The Morgan fingerprint density at radius 1 is 1.10 bits per heavy atom. The molecule has 3 N–H and O–H groups in total. The average Bonchev–Trinajstić information content (AvgIpc) is 3.23. The number of piperazine rings is 1. The molecular weight excluding hydrogens is 386 g/mol. The molecule has 1 atom stereocenters. The lowest BCUT2D eigenvalue weighted by molar-refractivity contribution is -1.02. The number of quaternary nitrogens is 2. The molecule has 0 bridgehead atoms. The molecule has 2 aliphatic heterocycles. The number of hydrogen-bond acceptors (Lipinski definition) is 2. The normalized spacial score (nSPS) is 21.5. The second kappa shape index (κ2) is 9.41. The van der Waals surface area contributed by atoms with Crippen LogP contribution in [0.25, 0.3) is 0 Å². The molecule has 1 fully saturated rings. The SMILES string of the molecule is Cc1cccc(C(C)C)c1NC(=O)[C@H](C)[NH+]1CC[NH+](Cc2ccc3c(c2)CCO3)CC1. The van der Waals surface area contributed by atoms with Crippen LogP contribution in [0.1, 0.15) is 48.9 Å². The number of para-hydroxylation sites is 1. The van der Waals surface area contributed by atoms with Crippen molar-refractivity contribution in [2.75, 3.05) is 38.1 Å². The maximum Gasteiger partial charge on any atom is 0.282 e. The van der Waals surface area contributed by atoms with Crippen LogP contribution in [0.15, 0.2) is 36.4 Å². The van der Waals surface area contributed by atoms with Crippen molar-refractivity contribution in [3.8, 4) is 5.75 Å². The number of carbonyl (C=O) groups is 1. The fraction of sp³-hybridized carbons (Fsp3) is 0.500. The number of nitrogens with one attached hydrogen (secondary N) is 3. The van der Waals surface area contributed by atoms with E-state index in [0.29, 0.717) is 5.92 Å². The summed E-state index contributed by atoms with van der Waals surface area (Å²) in [5, 5.41) is 3.25. The Balaban J connectivity index is 1.32. The second-order valence-electron chi connectivity index (χ2n) is 9.53. The fourth-order valence-electron chi connectivity index (χ4n) is 4.93. The van der Waals surface area contributed by atoms with Crippen molar-refractivity contribution in [3.63, 3.8) is 0 Å². The third-order valence-electron chi connectivity index (χ3n) is 6.99. The quantitative estimate of drug-likeness (QED) is 0.657. The molecule has 0 unspecified atom stereocenters. The maximum absolute atomic E-state index is 13.1. The van der Waals surface area contributed by atoms with Gasteiger partial charge in [-0.2, -0.15) is 0 Å². The van der Waals surface area contributed by atoms with Crippen LogP contribution < -0.4 is 19.9 Å². The van der Waals surface area contributed by atoms with Crippen molar-refractivity contribution in [1.82, 2.24) is 0 Å².